The average molecular weight is 532 g/mol. The van der Waals surface area contributed by atoms with Gasteiger partial charge in [-0.3, -0.25) is 9.59 Å². The van der Waals surface area contributed by atoms with Crippen LogP contribution in [0.3, 0.4) is 0 Å². The van der Waals surface area contributed by atoms with Crippen LogP contribution in [0.2, 0.25) is 0 Å². The van der Waals surface area contributed by atoms with E-state index in [-0.39, 0.29) is 46.6 Å². The second kappa shape index (κ2) is 8.29. The number of fused-ring (bicyclic) bond motifs is 5. The molecule has 10 atom stereocenters. The van der Waals surface area contributed by atoms with Gasteiger partial charge in [0.25, 0.3) is 0 Å². The molecule has 0 aromatic rings. The number of hydrogen-bond donors (Lipinski definition) is 1. The van der Waals surface area contributed by atoms with Gasteiger partial charge in [0, 0.05) is 18.9 Å². The second-order valence-electron chi connectivity index (χ2n) is 11.0. The Morgan fingerprint density at radius 2 is 1.77 bits per heavy atom. The van der Waals surface area contributed by atoms with Gasteiger partial charge in [-0.1, -0.05) is 36.4 Å². The maximum atomic E-state index is 12.5. The molecule has 4 aliphatic rings. The van der Waals surface area contributed by atoms with E-state index in [4.69, 9.17) is 9.47 Å². The Morgan fingerprint density at radius 3 is 2.40 bits per heavy atom. The molecule has 4 unspecified atom stereocenters. The highest BCUT2D eigenvalue weighted by Gasteiger charge is 2.65. The topological polar surface area (TPSA) is 72.8 Å². The molecule has 4 aliphatic carbocycles. The van der Waals surface area contributed by atoms with Crippen LogP contribution in [-0.2, 0) is 19.1 Å². The third-order valence-electron chi connectivity index (χ3n) is 9.75. The van der Waals surface area contributed by atoms with Gasteiger partial charge in [0.15, 0.2) is 0 Å². The molecule has 4 rings (SSSR count). The first-order valence-electron chi connectivity index (χ1n) is 11.6. The average Bonchev–Trinajstić information content (AvgIpc) is 3.04. The van der Waals surface area contributed by atoms with Gasteiger partial charge in [-0.05, 0) is 80.5 Å². The summed E-state index contributed by atoms with van der Waals surface area (Å²) in [5, 5.41) is 10.6. The predicted molar refractivity (Wildman–Crippen MR) is 122 cm³/mol. The lowest BCUT2D eigenvalue weighted by Crippen LogP contribution is -2.62. The van der Waals surface area contributed by atoms with Gasteiger partial charge in [0.2, 0.25) is 0 Å². The first-order chi connectivity index (χ1) is 14.2. The Hall–Kier alpha value is -0.210. The number of halogens is 1. The number of alkyl halides is 1. The number of ketones is 1. The van der Waals surface area contributed by atoms with E-state index in [1.165, 1.54) is 0 Å². The van der Waals surface area contributed by atoms with Crippen molar-refractivity contribution in [3.63, 3.8) is 0 Å². The molecule has 5 nitrogen and oxygen atoms in total. The normalized spacial score (nSPS) is 50.2. The standard InChI is InChI=1S/C24H37IO5/c1-13(26)16-7-8-17-15-6-5-14-9-18(27)19(29-4)10-23(14,2)22(15)20(11-24(16,17)3)30-21(28)12-25/h14-20,22,27H,5-12H2,1-4H3/t14?,15-,16+,17-,18?,19?,20?,22+,23-,24+/m0/s1. The zero-order valence-electron chi connectivity index (χ0n) is 18.7. The molecule has 0 bridgehead atoms. The van der Waals surface area contributed by atoms with E-state index in [1.54, 1.807) is 14.0 Å². The molecule has 6 heteroatoms. The molecule has 0 aliphatic heterocycles. The van der Waals surface area contributed by atoms with Crippen LogP contribution < -0.4 is 0 Å². The number of methoxy groups -OCH3 is 1. The summed E-state index contributed by atoms with van der Waals surface area (Å²) in [6, 6.07) is 0. The maximum absolute atomic E-state index is 12.5. The molecule has 170 valence electrons. The van der Waals surface area contributed by atoms with E-state index in [0.29, 0.717) is 22.2 Å². The van der Waals surface area contributed by atoms with E-state index in [1.807, 2.05) is 0 Å². The molecule has 1 N–H and O–H groups in total. The molecule has 0 heterocycles. The molecular weight excluding hydrogens is 495 g/mol. The minimum absolute atomic E-state index is 0.0192. The van der Waals surface area contributed by atoms with Crippen LogP contribution in [0.1, 0.15) is 65.7 Å². The molecular formula is C24H37IO5. The van der Waals surface area contributed by atoms with E-state index < -0.39 is 6.10 Å². The van der Waals surface area contributed by atoms with Crippen LogP contribution in [0.4, 0.5) is 0 Å². The maximum Gasteiger partial charge on any atom is 0.316 e. The highest BCUT2D eigenvalue weighted by atomic mass is 127. The number of rotatable bonds is 4. The fourth-order valence-electron chi connectivity index (χ4n) is 8.56. The van der Waals surface area contributed by atoms with Crippen molar-refractivity contribution in [1.82, 2.24) is 0 Å². The summed E-state index contributed by atoms with van der Waals surface area (Å²) in [6.45, 7) is 6.38. The molecule has 4 fully saturated rings. The number of Topliss-reactive ketones (excluding diaryl/α,β-unsaturated/α-hetero) is 1. The van der Waals surface area contributed by atoms with Crippen molar-refractivity contribution < 1.29 is 24.2 Å². The lowest BCUT2D eigenvalue weighted by Gasteiger charge is -2.63. The van der Waals surface area contributed by atoms with Gasteiger partial charge >= 0.3 is 5.97 Å². The van der Waals surface area contributed by atoms with Crippen LogP contribution in [-0.4, -0.2) is 46.7 Å². The highest BCUT2D eigenvalue weighted by Crippen LogP contribution is 2.68. The van der Waals surface area contributed by atoms with Crippen LogP contribution in [0.5, 0.6) is 0 Å². The van der Waals surface area contributed by atoms with Crippen molar-refractivity contribution in [3.8, 4) is 0 Å². The summed E-state index contributed by atoms with van der Waals surface area (Å²) in [5.74, 6) is 1.90. The summed E-state index contributed by atoms with van der Waals surface area (Å²) in [7, 11) is 1.69. The lowest BCUT2D eigenvalue weighted by atomic mass is 9.43. The minimum atomic E-state index is -0.414. The van der Waals surface area contributed by atoms with E-state index in [0.717, 1.165) is 44.9 Å². The Morgan fingerprint density at radius 1 is 1.07 bits per heavy atom. The van der Waals surface area contributed by atoms with Gasteiger partial charge in [0.05, 0.1) is 16.6 Å². The third kappa shape index (κ3) is 3.47. The van der Waals surface area contributed by atoms with Crippen molar-refractivity contribution in [2.24, 2.45) is 40.4 Å². The Bertz CT molecular complexity index is 697. The third-order valence-corrected chi connectivity index (χ3v) is 10.4. The molecule has 0 aromatic heterocycles. The van der Waals surface area contributed by atoms with Crippen molar-refractivity contribution in [2.75, 3.05) is 11.5 Å². The van der Waals surface area contributed by atoms with Gasteiger partial charge in [-0.2, -0.15) is 0 Å². The number of esters is 1. The zero-order valence-corrected chi connectivity index (χ0v) is 20.9. The molecule has 4 saturated carbocycles. The molecule has 0 radical (unpaired) electrons. The van der Waals surface area contributed by atoms with Gasteiger partial charge in [-0.15, -0.1) is 0 Å². The monoisotopic (exact) mass is 532 g/mol. The SMILES string of the molecule is COC1C[C@@]2(C)C(CC[C@H]3[C@@H]4CC[C@H](C(C)=O)[C@@]4(C)CC(OC(=O)CI)[C@@H]32)CC1O. The fraction of sp³-hybridized carbons (Fsp3) is 0.917. The van der Waals surface area contributed by atoms with E-state index in [2.05, 4.69) is 36.4 Å². The molecule has 0 amide bonds. The minimum Gasteiger partial charge on any atom is -0.461 e. The molecule has 30 heavy (non-hydrogen) atoms. The van der Waals surface area contributed by atoms with Gasteiger partial charge in [-0.25, -0.2) is 0 Å². The predicted octanol–water partition coefficient (Wildman–Crippen LogP) is 4.18. The largest absolute Gasteiger partial charge is 0.461 e. The molecule has 0 saturated heterocycles. The summed E-state index contributed by atoms with van der Waals surface area (Å²) in [5.41, 5.74) is -0.101. The van der Waals surface area contributed by atoms with Crippen LogP contribution in [0.15, 0.2) is 0 Å². The lowest BCUT2D eigenvalue weighted by molar-refractivity contribution is -0.210. The first-order valence-corrected chi connectivity index (χ1v) is 13.1. The number of aliphatic hydroxyl groups is 1. The number of carbonyl (C=O) groups is 2. The fourth-order valence-corrected chi connectivity index (χ4v) is 8.74. The Labute approximate surface area is 194 Å². The zero-order chi connectivity index (χ0) is 21.8. The Balaban J connectivity index is 1.73. The summed E-state index contributed by atoms with van der Waals surface area (Å²) >= 11 is 2.08. The Kier molecular flexibility index (Phi) is 6.35. The number of carbonyl (C=O) groups excluding carboxylic acids is 2. The van der Waals surface area contributed by atoms with Crippen LogP contribution in [0.25, 0.3) is 0 Å². The van der Waals surface area contributed by atoms with Crippen LogP contribution in [0, 0.1) is 40.4 Å². The molecule has 0 spiro atoms. The van der Waals surface area contributed by atoms with Crippen molar-refractivity contribution >= 4 is 34.3 Å². The number of aliphatic hydroxyl groups excluding tert-OH is 1. The number of ether oxygens (including phenoxy) is 2. The van der Waals surface area contributed by atoms with E-state index in [9.17, 15) is 14.7 Å². The van der Waals surface area contributed by atoms with Crippen LogP contribution >= 0.6 is 22.6 Å². The summed E-state index contributed by atoms with van der Waals surface area (Å²) < 4.78 is 12.2. The van der Waals surface area contributed by atoms with Crippen molar-refractivity contribution in [1.29, 1.82) is 0 Å². The first kappa shape index (κ1) is 23.0. The van der Waals surface area contributed by atoms with E-state index >= 15 is 0 Å². The summed E-state index contributed by atoms with van der Waals surface area (Å²) in [6.07, 6.45) is 5.92. The smallest absolute Gasteiger partial charge is 0.316 e. The molecule has 0 aromatic carbocycles. The number of hydrogen-bond acceptors (Lipinski definition) is 5. The van der Waals surface area contributed by atoms with Crippen molar-refractivity contribution in [2.45, 2.75) is 84.0 Å². The summed E-state index contributed by atoms with van der Waals surface area (Å²) in [4.78, 5) is 24.9. The quantitative estimate of drug-likeness (QED) is 0.334. The second-order valence-corrected chi connectivity index (χ2v) is 11.7. The van der Waals surface area contributed by atoms with Crippen molar-refractivity contribution in [3.05, 3.63) is 0 Å². The highest BCUT2D eigenvalue weighted by molar-refractivity contribution is 14.1. The van der Waals surface area contributed by atoms with Gasteiger partial charge < -0.3 is 14.6 Å². The van der Waals surface area contributed by atoms with Gasteiger partial charge in [0.1, 0.15) is 11.9 Å².